The second-order valence-electron chi connectivity index (χ2n) is 3.41. The Hall–Kier alpha value is -1.38. The largest absolute Gasteiger partial charge is 0.466 e. The first kappa shape index (κ1) is 13.7. The molecule has 0 radical (unpaired) electrons. The van der Waals surface area contributed by atoms with Crippen molar-refractivity contribution in [2.75, 3.05) is 6.61 Å². The van der Waals surface area contributed by atoms with Crippen LogP contribution in [0.4, 0.5) is 0 Å². The lowest BCUT2D eigenvalue weighted by Gasteiger charge is -2.08. The van der Waals surface area contributed by atoms with Crippen molar-refractivity contribution in [2.24, 2.45) is 5.73 Å². The van der Waals surface area contributed by atoms with Gasteiger partial charge in [-0.2, -0.15) is 5.26 Å². The highest BCUT2D eigenvalue weighted by atomic mass is 79.9. The van der Waals surface area contributed by atoms with Gasteiger partial charge in [0.1, 0.15) is 6.07 Å². The zero-order chi connectivity index (χ0) is 12.8. The maximum absolute atomic E-state index is 11.3. The first-order valence-corrected chi connectivity index (χ1v) is 5.98. The molecule has 0 aliphatic rings. The molecule has 0 aliphatic carbocycles. The van der Waals surface area contributed by atoms with Gasteiger partial charge in [0.2, 0.25) is 0 Å². The van der Waals surface area contributed by atoms with E-state index in [4.69, 9.17) is 15.7 Å². The van der Waals surface area contributed by atoms with Crippen LogP contribution in [0.2, 0.25) is 0 Å². The molecule has 0 bridgehead atoms. The molecule has 0 unspecified atom stereocenters. The molecule has 1 aromatic carbocycles. The second kappa shape index (κ2) is 6.38. The van der Waals surface area contributed by atoms with E-state index in [1.165, 1.54) is 0 Å². The van der Waals surface area contributed by atoms with E-state index < -0.39 is 0 Å². The van der Waals surface area contributed by atoms with Crippen molar-refractivity contribution in [3.8, 4) is 6.07 Å². The van der Waals surface area contributed by atoms with E-state index in [0.717, 1.165) is 11.1 Å². The van der Waals surface area contributed by atoms with Crippen LogP contribution in [0.5, 0.6) is 0 Å². The minimum absolute atomic E-state index is 0.186. The van der Waals surface area contributed by atoms with E-state index >= 15 is 0 Å². The van der Waals surface area contributed by atoms with Crippen LogP contribution in [0.1, 0.15) is 23.6 Å². The third kappa shape index (κ3) is 3.55. The molecule has 0 heterocycles. The summed E-state index contributed by atoms with van der Waals surface area (Å²) in [5, 5.41) is 8.96. The van der Waals surface area contributed by atoms with Crippen molar-refractivity contribution in [2.45, 2.75) is 19.9 Å². The molecule has 0 amide bonds. The van der Waals surface area contributed by atoms with Gasteiger partial charge in [0.15, 0.2) is 0 Å². The Morgan fingerprint density at radius 1 is 1.59 bits per heavy atom. The van der Waals surface area contributed by atoms with Crippen molar-refractivity contribution in [3.05, 3.63) is 33.3 Å². The number of esters is 1. The van der Waals surface area contributed by atoms with Gasteiger partial charge >= 0.3 is 5.97 Å². The number of carbonyl (C=O) groups is 1. The summed E-state index contributed by atoms with van der Waals surface area (Å²) in [7, 11) is 0. The van der Waals surface area contributed by atoms with Gasteiger partial charge in [0.25, 0.3) is 0 Å². The Balaban J connectivity index is 3.00. The average Bonchev–Trinajstić information content (AvgIpc) is 2.28. The molecule has 0 aliphatic heterocycles. The van der Waals surface area contributed by atoms with Gasteiger partial charge in [-0.25, -0.2) is 0 Å². The Morgan fingerprint density at radius 3 is 2.82 bits per heavy atom. The summed E-state index contributed by atoms with van der Waals surface area (Å²) in [5.74, 6) is -0.285. The number of nitrogens with zero attached hydrogens (tertiary/aromatic N) is 1. The predicted octanol–water partition coefficient (Wildman–Crippen LogP) is 1.89. The quantitative estimate of drug-likeness (QED) is 0.861. The van der Waals surface area contributed by atoms with Crippen LogP contribution in [0, 0.1) is 11.3 Å². The number of halogens is 1. The maximum Gasteiger partial charge on any atom is 0.310 e. The number of ether oxygens (including phenoxy) is 1. The second-order valence-corrected chi connectivity index (χ2v) is 4.26. The predicted molar refractivity (Wildman–Crippen MR) is 67.1 cm³/mol. The van der Waals surface area contributed by atoms with Crippen LogP contribution >= 0.6 is 15.9 Å². The molecular formula is C12H13BrN2O2. The standard InChI is InChI=1S/C12H13BrN2O2/c1-2-17-12(16)5-8-3-9(6-14)10(7-15)11(13)4-8/h3-4H,2,5-6,14H2,1H3. The summed E-state index contributed by atoms with van der Waals surface area (Å²) in [6.07, 6.45) is 0.186. The van der Waals surface area contributed by atoms with E-state index in [0.29, 0.717) is 16.6 Å². The molecule has 1 rings (SSSR count). The minimum atomic E-state index is -0.285. The Morgan fingerprint density at radius 2 is 2.29 bits per heavy atom. The van der Waals surface area contributed by atoms with Crippen LogP contribution in [-0.2, 0) is 22.5 Å². The van der Waals surface area contributed by atoms with Crippen LogP contribution in [-0.4, -0.2) is 12.6 Å². The van der Waals surface area contributed by atoms with Gasteiger partial charge in [-0.05, 0) is 40.0 Å². The first-order chi connectivity index (χ1) is 8.12. The summed E-state index contributed by atoms with van der Waals surface area (Å²) >= 11 is 3.30. The summed E-state index contributed by atoms with van der Waals surface area (Å²) in [4.78, 5) is 11.3. The number of nitriles is 1. The van der Waals surface area contributed by atoms with Crippen LogP contribution in [0.3, 0.4) is 0 Å². The van der Waals surface area contributed by atoms with Gasteiger partial charge in [-0.3, -0.25) is 4.79 Å². The van der Waals surface area contributed by atoms with E-state index in [1.54, 1.807) is 19.1 Å². The van der Waals surface area contributed by atoms with Crippen molar-refractivity contribution in [1.82, 2.24) is 0 Å². The van der Waals surface area contributed by atoms with Crippen LogP contribution in [0.15, 0.2) is 16.6 Å². The number of benzene rings is 1. The van der Waals surface area contributed by atoms with Gasteiger partial charge in [0, 0.05) is 11.0 Å². The molecular weight excluding hydrogens is 284 g/mol. The zero-order valence-corrected chi connectivity index (χ0v) is 11.1. The molecule has 0 saturated heterocycles. The molecule has 0 saturated carbocycles. The number of rotatable bonds is 4. The Bertz CT molecular complexity index is 466. The molecule has 0 aromatic heterocycles. The summed E-state index contributed by atoms with van der Waals surface area (Å²) in [6.45, 7) is 2.39. The highest BCUT2D eigenvalue weighted by molar-refractivity contribution is 9.10. The first-order valence-electron chi connectivity index (χ1n) is 5.19. The SMILES string of the molecule is CCOC(=O)Cc1cc(Br)c(C#N)c(CN)c1. The fourth-order valence-corrected chi connectivity index (χ4v) is 2.13. The summed E-state index contributed by atoms with van der Waals surface area (Å²) < 4.78 is 5.52. The highest BCUT2D eigenvalue weighted by Gasteiger charge is 2.10. The number of carbonyl (C=O) groups excluding carboxylic acids is 1. The Labute approximate surface area is 108 Å². The molecule has 0 spiro atoms. The van der Waals surface area contributed by atoms with Crippen LogP contribution < -0.4 is 5.73 Å². The zero-order valence-electron chi connectivity index (χ0n) is 9.50. The summed E-state index contributed by atoms with van der Waals surface area (Å²) in [6, 6.07) is 5.59. The molecule has 17 heavy (non-hydrogen) atoms. The molecule has 2 N–H and O–H groups in total. The third-order valence-corrected chi connectivity index (χ3v) is 2.84. The lowest BCUT2D eigenvalue weighted by Crippen LogP contribution is -2.09. The highest BCUT2D eigenvalue weighted by Crippen LogP contribution is 2.22. The van der Waals surface area contributed by atoms with E-state index in [2.05, 4.69) is 22.0 Å². The topological polar surface area (TPSA) is 76.1 Å². The Kier molecular flexibility index (Phi) is 5.13. The number of hydrogen-bond acceptors (Lipinski definition) is 4. The minimum Gasteiger partial charge on any atom is -0.466 e. The lowest BCUT2D eigenvalue weighted by molar-refractivity contribution is -0.142. The van der Waals surface area contributed by atoms with Crippen LogP contribution in [0.25, 0.3) is 0 Å². The molecule has 0 fully saturated rings. The number of nitrogens with two attached hydrogens (primary N) is 1. The fraction of sp³-hybridized carbons (Fsp3) is 0.333. The van der Waals surface area contributed by atoms with Gasteiger partial charge in [-0.15, -0.1) is 0 Å². The lowest BCUT2D eigenvalue weighted by atomic mass is 10.0. The fourth-order valence-electron chi connectivity index (χ4n) is 1.49. The van der Waals surface area contributed by atoms with Crippen molar-refractivity contribution in [1.29, 1.82) is 5.26 Å². The normalized spacial score (nSPS) is 9.76. The third-order valence-electron chi connectivity index (χ3n) is 2.22. The van der Waals surface area contributed by atoms with Gasteiger partial charge < -0.3 is 10.5 Å². The van der Waals surface area contributed by atoms with Gasteiger partial charge in [-0.1, -0.05) is 6.07 Å². The van der Waals surface area contributed by atoms with Crippen molar-refractivity contribution in [3.63, 3.8) is 0 Å². The molecule has 0 atom stereocenters. The molecule has 1 aromatic rings. The van der Waals surface area contributed by atoms with E-state index in [9.17, 15) is 4.79 Å². The van der Waals surface area contributed by atoms with E-state index in [1.807, 2.05) is 0 Å². The van der Waals surface area contributed by atoms with Crippen molar-refractivity contribution >= 4 is 21.9 Å². The smallest absolute Gasteiger partial charge is 0.310 e. The van der Waals surface area contributed by atoms with Gasteiger partial charge in [0.05, 0.1) is 18.6 Å². The molecule has 5 heteroatoms. The molecule has 90 valence electrons. The monoisotopic (exact) mass is 296 g/mol. The van der Waals surface area contributed by atoms with Crippen molar-refractivity contribution < 1.29 is 9.53 Å². The summed E-state index contributed by atoms with van der Waals surface area (Å²) in [5.41, 5.74) is 7.59. The number of hydrogen-bond donors (Lipinski definition) is 1. The maximum atomic E-state index is 11.3. The van der Waals surface area contributed by atoms with E-state index in [-0.39, 0.29) is 18.9 Å². The average molecular weight is 297 g/mol. The molecule has 4 nitrogen and oxygen atoms in total.